The molecule has 0 spiro atoms. The van der Waals surface area contributed by atoms with Crippen LogP contribution in [0.1, 0.15) is 23.3 Å². The Morgan fingerprint density at radius 3 is 2.90 bits per heavy atom. The Balaban J connectivity index is 1.91. The number of likely N-dealkylation sites (N-methyl/N-ethyl adjacent to an activating group) is 1. The van der Waals surface area contributed by atoms with Crippen molar-refractivity contribution in [3.05, 3.63) is 16.6 Å². The molecule has 0 aromatic carbocycles. The van der Waals surface area contributed by atoms with Crippen LogP contribution in [0.25, 0.3) is 0 Å². The van der Waals surface area contributed by atoms with E-state index in [0.29, 0.717) is 25.1 Å². The van der Waals surface area contributed by atoms with E-state index in [0.717, 1.165) is 0 Å². The van der Waals surface area contributed by atoms with Crippen molar-refractivity contribution in [3.63, 3.8) is 0 Å². The normalized spacial score (nSPS) is 18.3. The van der Waals surface area contributed by atoms with E-state index in [9.17, 15) is 14.4 Å². The van der Waals surface area contributed by atoms with Crippen LogP contribution in [0.4, 0.5) is 0 Å². The Kier molecular flexibility index (Phi) is 4.89. The third-order valence-electron chi connectivity index (χ3n) is 3.49. The molecule has 1 N–H and O–H groups in total. The molecule has 7 nitrogen and oxygen atoms in total. The fourth-order valence-electron chi connectivity index (χ4n) is 2.29. The van der Waals surface area contributed by atoms with Crippen LogP contribution in [-0.2, 0) is 9.59 Å². The molecule has 8 heteroatoms. The SMILES string of the molecule is CN(CC(=O)N1CCC[C@@H](C(=O)O)C1)C(=O)c1cscn1. The second-order valence-corrected chi connectivity index (χ2v) is 5.77. The number of carboxylic acids is 1. The van der Waals surface area contributed by atoms with E-state index in [1.165, 1.54) is 28.2 Å². The monoisotopic (exact) mass is 311 g/mol. The zero-order chi connectivity index (χ0) is 15.4. The summed E-state index contributed by atoms with van der Waals surface area (Å²) in [6, 6.07) is 0. The van der Waals surface area contributed by atoms with Gasteiger partial charge in [0.05, 0.1) is 18.0 Å². The van der Waals surface area contributed by atoms with Gasteiger partial charge in [-0.05, 0) is 12.8 Å². The molecule has 1 fully saturated rings. The number of carbonyl (C=O) groups is 3. The zero-order valence-corrected chi connectivity index (χ0v) is 12.5. The molecule has 1 atom stereocenters. The number of amides is 2. The lowest BCUT2D eigenvalue weighted by Crippen LogP contribution is -2.46. The van der Waals surface area contributed by atoms with E-state index < -0.39 is 11.9 Å². The molecule has 1 saturated heterocycles. The maximum absolute atomic E-state index is 12.2. The molecule has 2 amide bonds. The molecule has 0 radical (unpaired) electrons. The second-order valence-electron chi connectivity index (χ2n) is 5.05. The molecule has 1 aliphatic heterocycles. The number of aromatic nitrogens is 1. The summed E-state index contributed by atoms with van der Waals surface area (Å²) in [6.45, 7) is 0.691. The molecule has 1 aromatic heterocycles. The third kappa shape index (κ3) is 3.78. The summed E-state index contributed by atoms with van der Waals surface area (Å²) in [5.74, 6) is -1.93. The molecule has 0 aliphatic carbocycles. The lowest BCUT2D eigenvalue weighted by Gasteiger charge is -2.31. The lowest BCUT2D eigenvalue weighted by molar-refractivity contribution is -0.145. The number of rotatable bonds is 4. The summed E-state index contributed by atoms with van der Waals surface area (Å²) in [5, 5.41) is 10.7. The van der Waals surface area contributed by atoms with Gasteiger partial charge in [-0.2, -0.15) is 0 Å². The minimum Gasteiger partial charge on any atom is -0.481 e. The smallest absolute Gasteiger partial charge is 0.308 e. The van der Waals surface area contributed by atoms with Crippen molar-refractivity contribution >= 4 is 29.1 Å². The first-order chi connectivity index (χ1) is 9.99. The van der Waals surface area contributed by atoms with Gasteiger partial charge in [0.1, 0.15) is 5.69 Å². The number of carbonyl (C=O) groups excluding carboxylic acids is 2. The molecule has 0 unspecified atom stereocenters. The van der Waals surface area contributed by atoms with Crippen LogP contribution in [0.15, 0.2) is 10.9 Å². The van der Waals surface area contributed by atoms with Gasteiger partial charge >= 0.3 is 5.97 Å². The summed E-state index contributed by atoms with van der Waals surface area (Å²) >= 11 is 1.32. The highest BCUT2D eigenvalue weighted by Gasteiger charge is 2.29. The zero-order valence-electron chi connectivity index (χ0n) is 11.7. The first kappa shape index (κ1) is 15.4. The van der Waals surface area contributed by atoms with Crippen LogP contribution >= 0.6 is 11.3 Å². The van der Waals surface area contributed by atoms with Gasteiger partial charge < -0.3 is 14.9 Å². The van der Waals surface area contributed by atoms with Crippen LogP contribution in [0, 0.1) is 5.92 Å². The van der Waals surface area contributed by atoms with Crippen molar-refractivity contribution in [1.29, 1.82) is 0 Å². The first-order valence-corrected chi connectivity index (χ1v) is 7.57. The summed E-state index contributed by atoms with van der Waals surface area (Å²) in [6.07, 6.45) is 1.26. The third-order valence-corrected chi connectivity index (χ3v) is 4.08. The molecular weight excluding hydrogens is 294 g/mol. The summed E-state index contributed by atoms with van der Waals surface area (Å²) in [7, 11) is 1.54. The summed E-state index contributed by atoms with van der Waals surface area (Å²) in [4.78, 5) is 41.9. The molecule has 0 saturated carbocycles. The van der Waals surface area contributed by atoms with Gasteiger partial charge in [-0.25, -0.2) is 4.98 Å². The van der Waals surface area contributed by atoms with Gasteiger partial charge in [0.25, 0.3) is 5.91 Å². The Morgan fingerprint density at radius 1 is 1.52 bits per heavy atom. The lowest BCUT2D eigenvalue weighted by atomic mass is 9.98. The molecule has 1 aliphatic rings. The van der Waals surface area contributed by atoms with Crippen molar-refractivity contribution in [2.75, 3.05) is 26.7 Å². The van der Waals surface area contributed by atoms with Crippen molar-refractivity contribution in [3.8, 4) is 0 Å². The second kappa shape index (κ2) is 6.66. The molecular formula is C13H17N3O4S. The highest BCUT2D eigenvalue weighted by molar-refractivity contribution is 7.07. The number of piperidine rings is 1. The van der Waals surface area contributed by atoms with E-state index in [-0.39, 0.29) is 24.9 Å². The van der Waals surface area contributed by atoms with E-state index in [1.807, 2.05) is 0 Å². The van der Waals surface area contributed by atoms with E-state index >= 15 is 0 Å². The molecule has 0 bridgehead atoms. The van der Waals surface area contributed by atoms with Gasteiger partial charge in [-0.15, -0.1) is 11.3 Å². The minimum absolute atomic E-state index is 0.0668. The molecule has 2 heterocycles. The van der Waals surface area contributed by atoms with E-state index in [2.05, 4.69) is 4.98 Å². The van der Waals surface area contributed by atoms with Gasteiger partial charge in [0, 0.05) is 25.5 Å². The Hall–Kier alpha value is -1.96. The molecule has 114 valence electrons. The number of aliphatic carboxylic acids is 1. The number of nitrogens with zero attached hydrogens (tertiary/aromatic N) is 3. The summed E-state index contributed by atoms with van der Waals surface area (Å²) < 4.78 is 0. The predicted molar refractivity (Wildman–Crippen MR) is 76.0 cm³/mol. The highest BCUT2D eigenvalue weighted by Crippen LogP contribution is 2.17. The van der Waals surface area contributed by atoms with Crippen LogP contribution in [0.5, 0.6) is 0 Å². The van der Waals surface area contributed by atoms with Crippen LogP contribution < -0.4 is 0 Å². The fourth-order valence-corrected chi connectivity index (χ4v) is 2.82. The van der Waals surface area contributed by atoms with Crippen molar-refractivity contribution in [2.24, 2.45) is 5.92 Å². The van der Waals surface area contributed by atoms with Crippen molar-refractivity contribution < 1.29 is 19.5 Å². The van der Waals surface area contributed by atoms with Gasteiger partial charge in [0.2, 0.25) is 5.91 Å². The average Bonchev–Trinajstić information content (AvgIpc) is 3.00. The minimum atomic E-state index is -0.876. The predicted octanol–water partition coefficient (Wildman–Crippen LogP) is 0.538. The Bertz CT molecular complexity index is 532. The molecule has 1 aromatic rings. The van der Waals surface area contributed by atoms with Gasteiger partial charge in [-0.1, -0.05) is 0 Å². The fraction of sp³-hybridized carbons (Fsp3) is 0.538. The first-order valence-electron chi connectivity index (χ1n) is 6.63. The number of hydrogen-bond acceptors (Lipinski definition) is 5. The average molecular weight is 311 g/mol. The van der Waals surface area contributed by atoms with E-state index in [4.69, 9.17) is 5.11 Å². The Morgan fingerprint density at radius 2 is 2.29 bits per heavy atom. The van der Waals surface area contributed by atoms with Crippen molar-refractivity contribution in [1.82, 2.24) is 14.8 Å². The number of carboxylic acid groups (broad SMARTS) is 1. The number of hydrogen-bond donors (Lipinski definition) is 1. The number of likely N-dealkylation sites (tertiary alicyclic amines) is 1. The molecule has 21 heavy (non-hydrogen) atoms. The number of thiazole rings is 1. The van der Waals surface area contributed by atoms with Crippen LogP contribution in [0.3, 0.4) is 0 Å². The topological polar surface area (TPSA) is 90.8 Å². The maximum atomic E-state index is 12.2. The Labute approximate surface area is 126 Å². The summed E-state index contributed by atoms with van der Waals surface area (Å²) in [5.41, 5.74) is 1.88. The van der Waals surface area contributed by atoms with Crippen LogP contribution in [0.2, 0.25) is 0 Å². The maximum Gasteiger partial charge on any atom is 0.308 e. The largest absolute Gasteiger partial charge is 0.481 e. The highest BCUT2D eigenvalue weighted by atomic mass is 32.1. The van der Waals surface area contributed by atoms with Crippen molar-refractivity contribution in [2.45, 2.75) is 12.8 Å². The van der Waals surface area contributed by atoms with Crippen LogP contribution in [-0.4, -0.2) is 64.4 Å². The quantitative estimate of drug-likeness (QED) is 0.876. The molecule has 2 rings (SSSR count). The van der Waals surface area contributed by atoms with Gasteiger partial charge in [0.15, 0.2) is 0 Å². The van der Waals surface area contributed by atoms with E-state index in [1.54, 1.807) is 10.9 Å². The standard InChI is InChI=1S/C13H17N3O4S/c1-15(12(18)10-7-21-8-14-10)6-11(17)16-4-2-3-9(5-16)13(19)20/h7-9H,2-6H2,1H3,(H,19,20)/t9-/m1/s1. The van der Waals surface area contributed by atoms with Gasteiger partial charge in [-0.3, -0.25) is 14.4 Å².